The molecule has 0 aliphatic carbocycles. The van der Waals surface area contributed by atoms with Gasteiger partial charge in [-0.15, -0.1) is 0 Å². The number of imide groups is 1. The van der Waals surface area contributed by atoms with Gasteiger partial charge >= 0.3 is 0 Å². The molecule has 3 amide bonds. The van der Waals surface area contributed by atoms with Gasteiger partial charge in [-0.3, -0.25) is 24.2 Å². The van der Waals surface area contributed by atoms with Gasteiger partial charge in [-0.05, 0) is 63.4 Å². The largest absolute Gasteiger partial charge is 0.368 e. The van der Waals surface area contributed by atoms with E-state index in [1.165, 1.54) is 11.3 Å². The summed E-state index contributed by atoms with van der Waals surface area (Å²) in [5, 5.41) is 0.530. The van der Waals surface area contributed by atoms with Crippen molar-refractivity contribution in [3.05, 3.63) is 28.8 Å². The van der Waals surface area contributed by atoms with E-state index in [1.54, 1.807) is 12.1 Å². The van der Waals surface area contributed by atoms with Crippen LogP contribution in [0.2, 0.25) is 5.02 Å². The number of carbonyl (C=O) groups excluding carboxylic acids is 3. The SMILES string of the molecule is Cc1ccc(N2C(=O)CC(N3CCC(C(N)=O)(N4CCCCC4)CC3)C2=O)cc1Cl. The molecule has 3 heterocycles. The van der Waals surface area contributed by atoms with Crippen LogP contribution in [0.25, 0.3) is 0 Å². The molecule has 1 unspecified atom stereocenters. The predicted octanol–water partition coefficient (Wildman–Crippen LogP) is 2.09. The summed E-state index contributed by atoms with van der Waals surface area (Å²) in [7, 11) is 0. The monoisotopic (exact) mass is 432 g/mol. The Morgan fingerprint density at radius 2 is 1.77 bits per heavy atom. The molecule has 1 atom stereocenters. The van der Waals surface area contributed by atoms with Gasteiger partial charge in [-0.25, -0.2) is 4.90 Å². The Labute approximate surface area is 182 Å². The molecule has 4 rings (SSSR count). The van der Waals surface area contributed by atoms with E-state index in [-0.39, 0.29) is 24.1 Å². The number of hydrogen-bond donors (Lipinski definition) is 1. The summed E-state index contributed by atoms with van der Waals surface area (Å²) < 4.78 is 0. The molecule has 1 aromatic carbocycles. The first-order chi connectivity index (χ1) is 14.3. The molecule has 30 heavy (non-hydrogen) atoms. The second-order valence-corrected chi connectivity index (χ2v) is 9.11. The van der Waals surface area contributed by atoms with E-state index in [9.17, 15) is 14.4 Å². The fourth-order valence-corrected chi connectivity index (χ4v) is 5.31. The Kier molecular flexibility index (Phi) is 5.88. The zero-order valence-corrected chi connectivity index (χ0v) is 18.2. The van der Waals surface area contributed by atoms with Crippen LogP contribution in [0.3, 0.4) is 0 Å². The van der Waals surface area contributed by atoms with Gasteiger partial charge in [0.15, 0.2) is 0 Å². The lowest BCUT2D eigenvalue weighted by molar-refractivity contribution is -0.136. The van der Waals surface area contributed by atoms with Crippen molar-refractivity contribution in [2.24, 2.45) is 5.73 Å². The molecular formula is C22H29ClN4O3. The molecule has 3 saturated heterocycles. The number of piperidine rings is 2. The van der Waals surface area contributed by atoms with Crippen molar-refractivity contribution in [1.82, 2.24) is 9.80 Å². The summed E-state index contributed by atoms with van der Waals surface area (Å²) in [6.45, 7) is 4.82. The van der Waals surface area contributed by atoms with Gasteiger partial charge in [0.2, 0.25) is 11.8 Å². The second-order valence-electron chi connectivity index (χ2n) is 8.70. The fourth-order valence-electron chi connectivity index (χ4n) is 5.14. The van der Waals surface area contributed by atoms with Crippen LogP contribution in [-0.4, -0.2) is 65.3 Å². The van der Waals surface area contributed by atoms with E-state index in [1.807, 2.05) is 17.9 Å². The molecule has 0 bridgehead atoms. The average Bonchev–Trinajstić information content (AvgIpc) is 3.04. The molecule has 0 aromatic heterocycles. The number of aryl methyl sites for hydroxylation is 1. The number of carbonyl (C=O) groups is 3. The molecule has 8 heteroatoms. The van der Waals surface area contributed by atoms with E-state index in [2.05, 4.69) is 4.90 Å². The van der Waals surface area contributed by atoms with Gasteiger partial charge in [0, 0.05) is 18.1 Å². The maximum Gasteiger partial charge on any atom is 0.251 e. The van der Waals surface area contributed by atoms with Gasteiger partial charge < -0.3 is 5.73 Å². The van der Waals surface area contributed by atoms with Crippen molar-refractivity contribution in [2.75, 3.05) is 31.1 Å². The third kappa shape index (κ3) is 3.63. The molecule has 0 spiro atoms. The van der Waals surface area contributed by atoms with Gasteiger partial charge in [0.05, 0.1) is 18.2 Å². The summed E-state index contributed by atoms with van der Waals surface area (Å²) >= 11 is 6.20. The molecular weight excluding hydrogens is 404 g/mol. The average molecular weight is 433 g/mol. The molecule has 3 fully saturated rings. The first-order valence-corrected chi connectivity index (χ1v) is 11.1. The lowest BCUT2D eigenvalue weighted by Crippen LogP contribution is -2.64. The minimum atomic E-state index is -0.632. The number of amides is 3. The van der Waals surface area contributed by atoms with Crippen LogP contribution in [-0.2, 0) is 14.4 Å². The van der Waals surface area contributed by atoms with E-state index in [0.717, 1.165) is 31.5 Å². The highest BCUT2D eigenvalue weighted by Gasteiger charge is 2.49. The highest BCUT2D eigenvalue weighted by atomic mass is 35.5. The Bertz CT molecular complexity index is 860. The molecule has 0 saturated carbocycles. The van der Waals surface area contributed by atoms with E-state index in [0.29, 0.717) is 36.6 Å². The van der Waals surface area contributed by atoms with Gasteiger partial charge in [0.25, 0.3) is 5.91 Å². The number of likely N-dealkylation sites (tertiary alicyclic amines) is 2. The number of rotatable bonds is 4. The van der Waals surface area contributed by atoms with Crippen LogP contribution in [0.1, 0.15) is 44.1 Å². The highest BCUT2D eigenvalue weighted by Crippen LogP contribution is 2.35. The molecule has 3 aliphatic rings. The topological polar surface area (TPSA) is 87.0 Å². The lowest BCUT2D eigenvalue weighted by atomic mass is 9.83. The summed E-state index contributed by atoms with van der Waals surface area (Å²) in [5.41, 5.74) is 6.64. The van der Waals surface area contributed by atoms with Gasteiger partial charge in [0.1, 0.15) is 5.54 Å². The minimum Gasteiger partial charge on any atom is -0.368 e. The lowest BCUT2D eigenvalue weighted by Gasteiger charge is -2.48. The molecule has 3 aliphatic heterocycles. The second kappa shape index (κ2) is 8.29. The molecule has 7 nitrogen and oxygen atoms in total. The smallest absolute Gasteiger partial charge is 0.251 e. The highest BCUT2D eigenvalue weighted by molar-refractivity contribution is 6.32. The van der Waals surface area contributed by atoms with Crippen LogP contribution in [0, 0.1) is 6.92 Å². The number of benzene rings is 1. The van der Waals surface area contributed by atoms with Crippen molar-refractivity contribution < 1.29 is 14.4 Å². The van der Waals surface area contributed by atoms with Gasteiger partial charge in [-0.1, -0.05) is 24.1 Å². The fraction of sp³-hybridized carbons (Fsp3) is 0.591. The Hall–Kier alpha value is -1.96. The van der Waals surface area contributed by atoms with Crippen LogP contribution in [0.4, 0.5) is 5.69 Å². The zero-order valence-electron chi connectivity index (χ0n) is 17.4. The van der Waals surface area contributed by atoms with Crippen LogP contribution < -0.4 is 10.6 Å². The molecule has 162 valence electrons. The number of hydrogen-bond acceptors (Lipinski definition) is 5. The van der Waals surface area contributed by atoms with Crippen molar-refractivity contribution in [2.45, 2.75) is 57.0 Å². The Morgan fingerprint density at radius 1 is 1.10 bits per heavy atom. The van der Waals surface area contributed by atoms with Crippen molar-refractivity contribution in [3.63, 3.8) is 0 Å². The Balaban J connectivity index is 1.48. The van der Waals surface area contributed by atoms with Crippen molar-refractivity contribution in [3.8, 4) is 0 Å². The maximum atomic E-state index is 13.1. The number of halogens is 1. The molecule has 1 aromatic rings. The van der Waals surface area contributed by atoms with Crippen LogP contribution in [0.15, 0.2) is 18.2 Å². The third-order valence-electron chi connectivity index (χ3n) is 7.02. The first kappa shape index (κ1) is 21.3. The molecule has 0 radical (unpaired) electrons. The summed E-state index contributed by atoms with van der Waals surface area (Å²) in [4.78, 5) is 43.8. The normalized spacial score (nSPS) is 25.7. The molecule has 2 N–H and O–H groups in total. The number of anilines is 1. The maximum absolute atomic E-state index is 13.1. The first-order valence-electron chi connectivity index (χ1n) is 10.8. The van der Waals surface area contributed by atoms with Crippen molar-refractivity contribution in [1.29, 1.82) is 0 Å². The number of nitrogens with zero attached hydrogens (tertiary/aromatic N) is 3. The number of primary amides is 1. The zero-order chi connectivity index (χ0) is 21.5. The van der Waals surface area contributed by atoms with Crippen molar-refractivity contribution >= 4 is 35.0 Å². The summed E-state index contributed by atoms with van der Waals surface area (Å²) in [6.07, 6.45) is 4.70. The third-order valence-corrected chi connectivity index (χ3v) is 7.43. The summed E-state index contributed by atoms with van der Waals surface area (Å²) in [6, 6.07) is 4.74. The minimum absolute atomic E-state index is 0.150. The quantitative estimate of drug-likeness (QED) is 0.736. The van der Waals surface area contributed by atoms with Crippen LogP contribution in [0.5, 0.6) is 0 Å². The Morgan fingerprint density at radius 3 is 2.37 bits per heavy atom. The van der Waals surface area contributed by atoms with Gasteiger partial charge in [-0.2, -0.15) is 0 Å². The number of nitrogens with two attached hydrogens (primary N) is 1. The standard InChI is InChI=1S/C22H29ClN4O3/c1-15-5-6-16(13-17(15)23)27-19(28)14-18(20(27)29)25-11-7-22(8-12-25,21(24)30)26-9-3-2-4-10-26/h5-6,13,18H,2-4,7-12,14H2,1H3,(H2,24,30). The van der Waals surface area contributed by atoms with E-state index < -0.39 is 11.6 Å². The predicted molar refractivity (Wildman–Crippen MR) is 115 cm³/mol. The van der Waals surface area contributed by atoms with Crippen LogP contribution >= 0.6 is 11.6 Å². The van der Waals surface area contributed by atoms with E-state index in [4.69, 9.17) is 17.3 Å². The summed E-state index contributed by atoms with van der Waals surface area (Å²) in [5.74, 6) is -0.703. The van der Waals surface area contributed by atoms with E-state index >= 15 is 0 Å².